The highest BCUT2D eigenvalue weighted by atomic mass is 32.2. The molecule has 0 amide bonds. The first-order chi connectivity index (χ1) is 7.82. The monoisotopic (exact) mass is 260 g/mol. The third-order valence-corrected chi connectivity index (χ3v) is 4.08. The summed E-state index contributed by atoms with van der Waals surface area (Å²) in [6.07, 6.45) is -0.0691. The van der Waals surface area contributed by atoms with Gasteiger partial charge >= 0.3 is 0 Å². The molecule has 1 N–H and O–H groups in total. The van der Waals surface area contributed by atoms with Crippen LogP contribution in [0.4, 0.5) is 0 Å². The average molecular weight is 260 g/mol. The van der Waals surface area contributed by atoms with Crippen molar-refractivity contribution in [2.45, 2.75) is 18.3 Å². The van der Waals surface area contributed by atoms with Crippen molar-refractivity contribution in [1.82, 2.24) is 0 Å². The van der Waals surface area contributed by atoms with Crippen LogP contribution in [0.3, 0.4) is 0 Å². The lowest BCUT2D eigenvalue weighted by molar-refractivity contribution is 0.128. The molecule has 0 heterocycles. The number of aliphatic hydroxyl groups is 1. The molecule has 5 nitrogen and oxygen atoms in total. The molecular weight excluding hydrogens is 244 g/mol. The van der Waals surface area contributed by atoms with Crippen molar-refractivity contribution < 1.29 is 22.4 Å². The molecular formula is C11H16O5S. The maximum atomic E-state index is 11.5. The molecule has 0 aliphatic rings. The summed E-state index contributed by atoms with van der Waals surface area (Å²) in [5.74, 6) is 0.605. The third kappa shape index (κ3) is 3.18. The van der Waals surface area contributed by atoms with Gasteiger partial charge < -0.3 is 9.84 Å². The summed E-state index contributed by atoms with van der Waals surface area (Å²) >= 11 is 0. The van der Waals surface area contributed by atoms with Gasteiger partial charge in [-0.1, -0.05) is 12.1 Å². The second-order valence-electron chi connectivity index (χ2n) is 3.82. The summed E-state index contributed by atoms with van der Waals surface area (Å²) in [5.41, 5.74) is 0.648. The van der Waals surface area contributed by atoms with Crippen molar-refractivity contribution >= 4 is 10.1 Å². The topological polar surface area (TPSA) is 72.8 Å². The van der Waals surface area contributed by atoms with Gasteiger partial charge in [-0.2, -0.15) is 8.42 Å². The smallest absolute Gasteiger partial charge is 0.297 e. The van der Waals surface area contributed by atoms with Crippen molar-refractivity contribution in [2.24, 2.45) is 0 Å². The summed E-state index contributed by atoms with van der Waals surface area (Å²) in [7, 11) is -1.46. The fraction of sp³-hybridized carbons (Fsp3) is 0.455. The van der Waals surface area contributed by atoms with Crippen molar-refractivity contribution in [3.05, 3.63) is 29.8 Å². The molecule has 1 unspecified atom stereocenters. The van der Waals surface area contributed by atoms with E-state index in [9.17, 15) is 13.5 Å². The van der Waals surface area contributed by atoms with Gasteiger partial charge in [0.1, 0.15) is 5.75 Å². The van der Waals surface area contributed by atoms with Gasteiger partial charge in [-0.3, -0.25) is 4.18 Å². The Morgan fingerprint density at radius 1 is 1.35 bits per heavy atom. The zero-order valence-corrected chi connectivity index (χ0v) is 10.8. The van der Waals surface area contributed by atoms with Gasteiger partial charge in [0.25, 0.3) is 10.1 Å². The van der Waals surface area contributed by atoms with E-state index in [0.29, 0.717) is 11.3 Å². The van der Waals surface area contributed by atoms with Gasteiger partial charge in [-0.25, -0.2) is 0 Å². The number of hydrogen-bond acceptors (Lipinski definition) is 5. The molecule has 96 valence electrons. The summed E-state index contributed by atoms with van der Waals surface area (Å²) in [6, 6.07) is 6.84. The second-order valence-corrected chi connectivity index (χ2v) is 5.95. The fourth-order valence-electron chi connectivity index (χ4n) is 1.43. The van der Waals surface area contributed by atoms with Crippen LogP contribution in [0, 0.1) is 0 Å². The van der Waals surface area contributed by atoms with Gasteiger partial charge in [0.15, 0.2) is 4.93 Å². The van der Waals surface area contributed by atoms with Crippen LogP contribution in [-0.4, -0.2) is 32.7 Å². The lowest BCUT2D eigenvalue weighted by Gasteiger charge is -2.21. The number of methoxy groups -OCH3 is 1. The molecule has 0 bridgehead atoms. The van der Waals surface area contributed by atoms with E-state index >= 15 is 0 Å². The summed E-state index contributed by atoms with van der Waals surface area (Å²) in [5, 5.41) is 9.91. The van der Waals surface area contributed by atoms with Gasteiger partial charge in [-0.05, 0) is 24.6 Å². The van der Waals surface area contributed by atoms with Crippen LogP contribution in [0.5, 0.6) is 5.75 Å². The lowest BCUT2D eigenvalue weighted by atomic mass is 10.1. The van der Waals surface area contributed by atoms with Crippen LogP contribution in [0.15, 0.2) is 24.3 Å². The van der Waals surface area contributed by atoms with E-state index in [2.05, 4.69) is 4.18 Å². The predicted molar refractivity (Wildman–Crippen MR) is 63.3 cm³/mol. The SMILES string of the molecule is COc1cccc(CC(C)(O)S(=O)(=O)OC)c1. The van der Waals surface area contributed by atoms with Crippen molar-refractivity contribution in [2.75, 3.05) is 14.2 Å². The van der Waals surface area contributed by atoms with Gasteiger partial charge in [-0.15, -0.1) is 0 Å². The van der Waals surface area contributed by atoms with Gasteiger partial charge in [0.2, 0.25) is 0 Å². The Balaban J connectivity index is 2.97. The van der Waals surface area contributed by atoms with Crippen molar-refractivity contribution in [3.8, 4) is 5.75 Å². The Kier molecular flexibility index (Phi) is 4.13. The molecule has 0 aliphatic heterocycles. The molecule has 1 aromatic carbocycles. The highest BCUT2D eigenvalue weighted by Crippen LogP contribution is 2.23. The molecule has 1 aromatic rings. The Labute approximate surface area is 101 Å². The van der Waals surface area contributed by atoms with E-state index < -0.39 is 15.1 Å². The minimum atomic E-state index is -4.00. The maximum absolute atomic E-state index is 11.5. The fourth-order valence-corrected chi connectivity index (χ4v) is 2.13. The minimum absolute atomic E-state index is 0.0691. The summed E-state index contributed by atoms with van der Waals surface area (Å²) < 4.78 is 32.3. The molecule has 0 saturated heterocycles. The molecule has 1 atom stereocenters. The predicted octanol–water partition coefficient (Wildman–Crippen LogP) is 0.922. The van der Waals surface area contributed by atoms with E-state index in [4.69, 9.17) is 4.74 Å². The van der Waals surface area contributed by atoms with Gasteiger partial charge in [0, 0.05) is 6.42 Å². The lowest BCUT2D eigenvalue weighted by Crippen LogP contribution is -2.38. The molecule has 0 spiro atoms. The Morgan fingerprint density at radius 3 is 2.53 bits per heavy atom. The van der Waals surface area contributed by atoms with E-state index in [1.54, 1.807) is 24.3 Å². The molecule has 0 aromatic heterocycles. The first-order valence-electron chi connectivity index (χ1n) is 4.98. The first-order valence-corrected chi connectivity index (χ1v) is 6.39. The van der Waals surface area contributed by atoms with E-state index in [1.807, 2.05) is 0 Å². The highest BCUT2D eigenvalue weighted by Gasteiger charge is 2.37. The molecule has 0 radical (unpaired) electrons. The molecule has 0 aliphatic carbocycles. The van der Waals surface area contributed by atoms with Gasteiger partial charge in [0.05, 0.1) is 14.2 Å². The van der Waals surface area contributed by atoms with E-state index in [-0.39, 0.29) is 6.42 Å². The van der Waals surface area contributed by atoms with Crippen LogP contribution in [0.2, 0.25) is 0 Å². The van der Waals surface area contributed by atoms with Crippen LogP contribution in [0.25, 0.3) is 0 Å². The number of ether oxygens (including phenoxy) is 1. The second kappa shape index (κ2) is 5.03. The molecule has 6 heteroatoms. The molecule has 0 fully saturated rings. The normalized spacial score (nSPS) is 15.3. The minimum Gasteiger partial charge on any atom is -0.497 e. The van der Waals surface area contributed by atoms with Crippen LogP contribution in [-0.2, 0) is 20.7 Å². The van der Waals surface area contributed by atoms with E-state index in [1.165, 1.54) is 14.0 Å². The van der Waals surface area contributed by atoms with E-state index in [0.717, 1.165) is 7.11 Å². The standard InChI is InChI=1S/C11H16O5S/c1-11(12,17(13,14)16-3)8-9-5-4-6-10(7-9)15-2/h4-7,12H,8H2,1-3H3. The highest BCUT2D eigenvalue weighted by molar-refractivity contribution is 7.87. The average Bonchev–Trinajstić information content (AvgIpc) is 2.28. The van der Waals surface area contributed by atoms with Crippen molar-refractivity contribution in [3.63, 3.8) is 0 Å². The van der Waals surface area contributed by atoms with Crippen molar-refractivity contribution in [1.29, 1.82) is 0 Å². The molecule has 17 heavy (non-hydrogen) atoms. The van der Waals surface area contributed by atoms with Crippen LogP contribution >= 0.6 is 0 Å². The number of rotatable bonds is 5. The summed E-state index contributed by atoms with van der Waals surface area (Å²) in [4.78, 5) is -1.96. The Morgan fingerprint density at radius 2 is 2.00 bits per heavy atom. The molecule has 0 saturated carbocycles. The maximum Gasteiger partial charge on any atom is 0.297 e. The largest absolute Gasteiger partial charge is 0.497 e. The number of benzene rings is 1. The Bertz CT molecular complexity index is 478. The zero-order chi connectivity index (χ0) is 13.1. The Hall–Kier alpha value is -1.11. The first kappa shape index (κ1) is 14.0. The summed E-state index contributed by atoms with van der Waals surface area (Å²) in [6.45, 7) is 1.20. The van der Waals surface area contributed by atoms with Crippen LogP contribution < -0.4 is 4.74 Å². The number of hydrogen-bond donors (Lipinski definition) is 1. The quantitative estimate of drug-likeness (QED) is 0.797. The van der Waals surface area contributed by atoms with Crippen LogP contribution in [0.1, 0.15) is 12.5 Å². The molecule has 1 rings (SSSR count). The zero-order valence-electron chi connectivity index (χ0n) is 10.0. The third-order valence-electron chi connectivity index (χ3n) is 2.42.